The molecule has 3 rings (SSSR count). The van der Waals surface area contributed by atoms with E-state index in [9.17, 15) is 9.59 Å². The van der Waals surface area contributed by atoms with Crippen molar-refractivity contribution in [3.05, 3.63) is 59.7 Å². The topological polar surface area (TPSA) is 67.4 Å². The molecule has 136 valence electrons. The average Bonchev–Trinajstić information content (AvgIpc) is 3.13. The van der Waals surface area contributed by atoms with Gasteiger partial charge in [-0.1, -0.05) is 24.3 Å². The fourth-order valence-corrected chi connectivity index (χ4v) is 3.13. The molecule has 0 heterocycles. The van der Waals surface area contributed by atoms with Crippen molar-refractivity contribution in [1.82, 2.24) is 5.32 Å². The van der Waals surface area contributed by atoms with Gasteiger partial charge in [0, 0.05) is 17.3 Å². The molecule has 26 heavy (non-hydrogen) atoms. The van der Waals surface area contributed by atoms with E-state index in [2.05, 4.69) is 10.6 Å². The largest absolute Gasteiger partial charge is 0.490 e. The molecule has 0 radical (unpaired) electrons. The maximum Gasteiger partial charge on any atom is 0.251 e. The van der Waals surface area contributed by atoms with E-state index in [-0.39, 0.29) is 24.5 Å². The summed E-state index contributed by atoms with van der Waals surface area (Å²) in [6, 6.07) is 14.7. The second-order valence-corrected chi connectivity index (χ2v) is 6.60. The number of hydrogen-bond donors (Lipinski definition) is 2. The number of nitrogens with one attached hydrogen (secondary N) is 2. The van der Waals surface area contributed by atoms with Crippen LogP contribution in [0.3, 0.4) is 0 Å². The maximum atomic E-state index is 12.2. The van der Waals surface area contributed by atoms with Crippen molar-refractivity contribution in [3.8, 4) is 5.75 Å². The van der Waals surface area contributed by atoms with Crippen LogP contribution in [-0.4, -0.2) is 24.5 Å². The highest BCUT2D eigenvalue weighted by Gasteiger charge is 2.16. The van der Waals surface area contributed by atoms with Gasteiger partial charge < -0.3 is 15.4 Å². The third-order valence-electron chi connectivity index (χ3n) is 4.52. The third-order valence-corrected chi connectivity index (χ3v) is 4.52. The maximum absolute atomic E-state index is 12.2. The van der Waals surface area contributed by atoms with E-state index in [0.717, 1.165) is 24.2 Å². The molecule has 2 N–H and O–H groups in total. The van der Waals surface area contributed by atoms with Gasteiger partial charge in [-0.15, -0.1) is 0 Å². The van der Waals surface area contributed by atoms with Crippen LogP contribution in [0.5, 0.6) is 5.75 Å². The van der Waals surface area contributed by atoms with Crippen LogP contribution in [-0.2, 0) is 4.79 Å². The fourth-order valence-electron chi connectivity index (χ4n) is 3.13. The van der Waals surface area contributed by atoms with Gasteiger partial charge in [-0.3, -0.25) is 9.59 Å². The van der Waals surface area contributed by atoms with Gasteiger partial charge in [0.05, 0.1) is 12.6 Å². The van der Waals surface area contributed by atoms with E-state index >= 15 is 0 Å². The Morgan fingerprint density at radius 2 is 1.85 bits per heavy atom. The van der Waals surface area contributed by atoms with E-state index in [4.69, 9.17) is 4.74 Å². The van der Waals surface area contributed by atoms with Gasteiger partial charge >= 0.3 is 0 Å². The lowest BCUT2D eigenvalue weighted by Gasteiger charge is -2.14. The summed E-state index contributed by atoms with van der Waals surface area (Å²) in [7, 11) is 0. The first-order valence-corrected chi connectivity index (χ1v) is 9.02. The quantitative estimate of drug-likeness (QED) is 0.833. The first kappa shape index (κ1) is 18.0. The standard InChI is InChI=1S/C21H24N2O3/c1-15-7-2-5-12-19(15)21(25)22-14-20(24)23-16-8-6-11-18(13-16)26-17-9-3-4-10-17/h2,5-8,11-13,17H,3-4,9-10,14H2,1H3,(H,22,25)(H,23,24). The van der Waals surface area contributed by atoms with Crippen LogP contribution in [0.4, 0.5) is 5.69 Å². The molecule has 1 saturated carbocycles. The normalized spacial score (nSPS) is 14.0. The summed E-state index contributed by atoms with van der Waals surface area (Å²) in [6.45, 7) is 1.78. The van der Waals surface area contributed by atoms with E-state index < -0.39 is 0 Å². The van der Waals surface area contributed by atoms with Crippen molar-refractivity contribution in [2.24, 2.45) is 0 Å². The SMILES string of the molecule is Cc1ccccc1C(=O)NCC(=O)Nc1cccc(OC2CCCC2)c1. The summed E-state index contributed by atoms with van der Waals surface area (Å²) >= 11 is 0. The summed E-state index contributed by atoms with van der Waals surface area (Å²) in [5.41, 5.74) is 2.12. The van der Waals surface area contributed by atoms with E-state index in [0.29, 0.717) is 11.3 Å². The predicted molar refractivity (Wildman–Crippen MR) is 101 cm³/mol. The monoisotopic (exact) mass is 352 g/mol. The number of ether oxygens (including phenoxy) is 1. The molecular formula is C21H24N2O3. The minimum Gasteiger partial charge on any atom is -0.490 e. The van der Waals surface area contributed by atoms with Gasteiger partial charge in [0.15, 0.2) is 0 Å². The van der Waals surface area contributed by atoms with Crippen molar-refractivity contribution >= 4 is 17.5 Å². The molecule has 2 aromatic carbocycles. The van der Waals surface area contributed by atoms with Crippen molar-refractivity contribution in [1.29, 1.82) is 0 Å². The van der Waals surface area contributed by atoms with Gasteiger partial charge in [0.25, 0.3) is 5.91 Å². The van der Waals surface area contributed by atoms with Crippen LogP contribution in [0.2, 0.25) is 0 Å². The molecule has 2 amide bonds. The number of aryl methyl sites for hydroxylation is 1. The second-order valence-electron chi connectivity index (χ2n) is 6.60. The van der Waals surface area contributed by atoms with E-state index in [1.165, 1.54) is 12.8 Å². The van der Waals surface area contributed by atoms with Gasteiger partial charge in [-0.05, 0) is 56.4 Å². The molecule has 0 aromatic heterocycles. The lowest BCUT2D eigenvalue weighted by molar-refractivity contribution is -0.115. The fraction of sp³-hybridized carbons (Fsp3) is 0.333. The zero-order valence-electron chi connectivity index (χ0n) is 15.0. The van der Waals surface area contributed by atoms with Crippen LogP contribution in [0.1, 0.15) is 41.6 Å². The van der Waals surface area contributed by atoms with Crippen LogP contribution in [0, 0.1) is 6.92 Å². The molecule has 0 spiro atoms. The summed E-state index contributed by atoms with van der Waals surface area (Å²) in [6.07, 6.45) is 4.86. The van der Waals surface area contributed by atoms with Crippen molar-refractivity contribution < 1.29 is 14.3 Å². The average molecular weight is 352 g/mol. The summed E-state index contributed by atoms with van der Waals surface area (Å²) in [4.78, 5) is 24.3. The summed E-state index contributed by atoms with van der Waals surface area (Å²) in [5, 5.41) is 5.45. The highest BCUT2D eigenvalue weighted by Crippen LogP contribution is 2.25. The van der Waals surface area contributed by atoms with Crippen LogP contribution >= 0.6 is 0 Å². The molecule has 5 nitrogen and oxygen atoms in total. The lowest BCUT2D eigenvalue weighted by atomic mass is 10.1. The number of carbonyl (C=O) groups excluding carboxylic acids is 2. The van der Waals surface area contributed by atoms with E-state index in [1.807, 2.05) is 43.3 Å². The Morgan fingerprint density at radius 1 is 1.08 bits per heavy atom. The van der Waals surface area contributed by atoms with Crippen molar-refractivity contribution in [2.75, 3.05) is 11.9 Å². The first-order chi connectivity index (χ1) is 12.6. The Labute approximate surface area is 153 Å². The molecule has 2 aromatic rings. The minimum atomic E-state index is -0.273. The minimum absolute atomic E-state index is 0.0825. The molecule has 0 bridgehead atoms. The number of rotatable bonds is 6. The molecule has 5 heteroatoms. The molecule has 0 atom stereocenters. The number of benzene rings is 2. The van der Waals surface area contributed by atoms with E-state index in [1.54, 1.807) is 12.1 Å². The molecular weight excluding hydrogens is 328 g/mol. The third kappa shape index (κ3) is 4.85. The number of amides is 2. The molecule has 1 aliphatic rings. The van der Waals surface area contributed by atoms with Gasteiger partial charge in [0.2, 0.25) is 5.91 Å². The smallest absolute Gasteiger partial charge is 0.251 e. The summed E-state index contributed by atoms with van der Waals surface area (Å²) < 4.78 is 5.95. The Kier molecular flexibility index (Phi) is 5.89. The number of carbonyl (C=O) groups is 2. The van der Waals surface area contributed by atoms with Crippen molar-refractivity contribution in [2.45, 2.75) is 38.7 Å². The highest BCUT2D eigenvalue weighted by molar-refractivity contribution is 6.00. The summed E-state index contributed by atoms with van der Waals surface area (Å²) in [5.74, 6) is 0.236. The number of anilines is 1. The predicted octanol–water partition coefficient (Wildman–Crippen LogP) is 3.68. The van der Waals surface area contributed by atoms with Crippen LogP contribution in [0.25, 0.3) is 0 Å². The molecule has 0 aliphatic heterocycles. The Hall–Kier alpha value is -2.82. The second kappa shape index (κ2) is 8.52. The van der Waals surface area contributed by atoms with Gasteiger partial charge in [-0.25, -0.2) is 0 Å². The van der Waals surface area contributed by atoms with Crippen LogP contribution < -0.4 is 15.4 Å². The highest BCUT2D eigenvalue weighted by atomic mass is 16.5. The zero-order chi connectivity index (χ0) is 18.4. The Balaban J connectivity index is 1.51. The van der Waals surface area contributed by atoms with Gasteiger partial charge in [-0.2, -0.15) is 0 Å². The Bertz CT molecular complexity index is 782. The van der Waals surface area contributed by atoms with Crippen molar-refractivity contribution in [3.63, 3.8) is 0 Å². The Morgan fingerprint density at radius 3 is 2.62 bits per heavy atom. The zero-order valence-corrected chi connectivity index (χ0v) is 15.0. The molecule has 1 fully saturated rings. The van der Waals surface area contributed by atoms with Gasteiger partial charge in [0.1, 0.15) is 5.75 Å². The first-order valence-electron chi connectivity index (χ1n) is 9.02. The molecule has 1 aliphatic carbocycles. The van der Waals surface area contributed by atoms with Crippen LogP contribution in [0.15, 0.2) is 48.5 Å². The molecule has 0 unspecified atom stereocenters. The lowest BCUT2D eigenvalue weighted by Crippen LogP contribution is -2.33. The number of hydrogen-bond acceptors (Lipinski definition) is 3. The molecule has 0 saturated heterocycles.